The summed E-state index contributed by atoms with van der Waals surface area (Å²) in [5, 5.41) is 0. The molecule has 1 aromatic rings. The van der Waals surface area contributed by atoms with Crippen molar-refractivity contribution in [1.29, 1.82) is 0 Å². The molecule has 1 spiro atoms. The highest BCUT2D eigenvalue weighted by Crippen LogP contribution is 2.60. The Bertz CT molecular complexity index is 929. The molecule has 0 amide bonds. The van der Waals surface area contributed by atoms with E-state index in [1.54, 1.807) is 11.8 Å². The van der Waals surface area contributed by atoms with Gasteiger partial charge in [0, 0.05) is 50.2 Å². The van der Waals surface area contributed by atoms with Crippen molar-refractivity contribution in [3.05, 3.63) is 35.9 Å². The van der Waals surface area contributed by atoms with Gasteiger partial charge in [-0.1, -0.05) is 68.2 Å². The van der Waals surface area contributed by atoms with E-state index in [1.165, 1.54) is 12.0 Å². The van der Waals surface area contributed by atoms with E-state index in [4.69, 9.17) is 31.5 Å². The Morgan fingerprint density at radius 3 is 2.57 bits per heavy atom. The fourth-order valence-corrected chi connectivity index (χ4v) is 8.48. The van der Waals surface area contributed by atoms with Gasteiger partial charge in [0.05, 0.1) is 0 Å². The molecular formula is C27H38N2O4S2. The quantitative estimate of drug-likeness (QED) is 0.408. The van der Waals surface area contributed by atoms with Crippen molar-refractivity contribution in [2.24, 2.45) is 23.7 Å². The van der Waals surface area contributed by atoms with Crippen LogP contribution in [-0.4, -0.2) is 64.2 Å². The van der Waals surface area contributed by atoms with Crippen LogP contribution in [0.5, 0.6) is 0 Å². The van der Waals surface area contributed by atoms with Gasteiger partial charge in [-0.25, -0.2) is 9.78 Å². The van der Waals surface area contributed by atoms with Crippen molar-refractivity contribution in [1.82, 2.24) is 9.80 Å². The molecule has 0 unspecified atom stereocenters. The van der Waals surface area contributed by atoms with Gasteiger partial charge in [0.25, 0.3) is 0 Å². The number of benzene rings is 1. The minimum atomic E-state index is -0.719. The number of hydrogen-bond donors (Lipinski definition) is 0. The summed E-state index contributed by atoms with van der Waals surface area (Å²) in [6.45, 7) is 10.5. The third-order valence-corrected chi connectivity index (χ3v) is 10.9. The monoisotopic (exact) mass is 518 g/mol. The molecule has 192 valence electrons. The highest BCUT2D eigenvalue weighted by Gasteiger charge is 2.69. The molecule has 6 aliphatic rings. The number of thioether (sulfide) groups is 1. The molecule has 5 saturated heterocycles. The van der Waals surface area contributed by atoms with Crippen LogP contribution in [0, 0.1) is 23.7 Å². The molecule has 5 heterocycles. The van der Waals surface area contributed by atoms with Crippen LogP contribution in [0.4, 0.5) is 0 Å². The second-order valence-electron chi connectivity index (χ2n) is 11.4. The third kappa shape index (κ3) is 4.27. The number of fused-ring (bicyclic) bond motifs is 2. The van der Waals surface area contributed by atoms with Crippen molar-refractivity contribution in [2.75, 3.05) is 26.2 Å². The third-order valence-electron chi connectivity index (χ3n) is 9.26. The maximum Gasteiger partial charge on any atom is 0.201 e. The smallest absolute Gasteiger partial charge is 0.201 e. The second kappa shape index (κ2) is 9.53. The lowest BCUT2D eigenvalue weighted by atomic mass is 9.58. The van der Waals surface area contributed by atoms with Gasteiger partial charge < -0.3 is 14.4 Å². The Labute approximate surface area is 218 Å². The molecule has 1 aromatic carbocycles. The van der Waals surface area contributed by atoms with E-state index >= 15 is 0 Å². The fraction of sp³-hybridized carbons (Fsp3) is 0.741. The predicted molar refractivity (Wildman–Crippen MR) is 140 cm³/mol. The highest BCUT2D eigenvalue weighted by molar-refractivity contribution is 8.22. The molecule has 2 bridgehead atoms. The maximum absolute atomic E-state index is 6.84. The number of piperazine rings is 1. The van der Waals surface area contributed by atoms with Gasteiger partial charge >= 0.3 is 0 Å². The van der Waals surface area contributed by atoms with Crippen LogP contribution in [0.2, 0.25) is 0 Å². The van der Waals surface area contributed by atoms with Crippen molar-refractivity contribution in [2.45, 2.75) is 76.1 Å². The number of rotatable bonds is 3. The van der Waals surface area contributed by atoms with Crippen LogP contribution in [0.1, 0.15) is 52.0 Å². The van der Waals surface area contributed by atoms with E-state index < -0.39 is 11.4 Å². The number of nitrogens with zero attached hydrogens (tertiary/aromatic N) is 2. The molecule has 8 heteroatoms. The Kier molecular flexibility index (Phi) is 6.70. The zero-order chi connectivity index (χ0) is 24.2. The first-order valence-electron chi connectivity index (χ1n) is 13.3. The van der Waals surface area contributed by atoms with Crippen molar-refractivity contribution < 1.29 is 19.2 Å². The molecular weight excluding hydrogens is 480 g/mol. The molecule has 0 N–H and O–H groups in total. The Balaban J connectivity index is 1.13. The topological polar surface area (TPSA) is 43.4 Å². The first-order chi connectivity index (χ1) is 16.9. The van der Waals surface area contributed by atoms with Crippen molar-refractivity contribution >= 4 is 28.3 Å². The van der Waals surface area contributed by atoms with Crippen LogP contribution in [-0.2, 0) is 25.0 Å². The van der Waals surface area contributed by atoms with E-state index in [0.29, 0.717) is 23.7 Å². The van der Waals surface area contributed by atoms with Crippen molar-refractivity contribution in [3.63, 3.8) is 0 Å². The SMILES string of the molecule is C[C@H]1[C@H](N2CCN(C(=S)SCc3ccccc3)CC2)O[C@@H]2O[C@@]3(C)CC[C@H]4[C@H](C)CC[C@@H]1[C@@]24OO3. The van der Waals surface area contributed by atoms with Crippen LogP contribution in [0.15, 0.2) is 30.3 Å². The summed E-state index contributed by atoms with van der Waals surface area (Å²) >= 11 is 7.55. The lowest BCUT2D eigenvalue weighted by molar-refractivity contribution is -0.574. The zero-order valence-electron chi connectivity index (χ0n) is 21.1. The normalized spacial score (nSPS) is 43.5. The summed E-state index contributed by atoms with van der Waals surface area (Å²) in [4.78, 5) is 17.1. The molecule has 0 aromatic heterocycles. The lowest BCUT2D eigenvalue weighted by Gasteiger charge is -2.61. The minimum absolute atomic E-state index is 0.0314. The largest absolute Gasteiger partial charge is 0.355 e. The highest BCUT2D eigenvalue weighted by atomic mass is 32.2. The molecule has 7 rings (SSSR count). The standard InChI is InChI=1S/C27H38N2O4S2/c1-18-9-10-22-19(2)23(30-24-27(22)21(18)11-12-26(3,31-24)32-33-27)28-13-15-29(16-14-28)25(34)35-17-20-7-5-4-6-8-20/h4-8,18-19,21-24H,9-17H2,1-3H3/t18-,19-,21+,22+,23-,24-,26-,27-/m1/s1. The van der Waals surface area contributed by atoms with Gasteiger partial charge in [-0.15, -0.1) is 0 Å². The second-order valence-corrected chi connectivity index (χ2v) is 13.0. The summed E-state index contributed by atoms with van der Waals surface area (Å²) in [5.41, 5.74) is 0.829. The average molecular weight is 519 g/mol. The van der Waals surface area contributed by atoms with Gasteiger partial charge in [-0.3, -0.25) is 4.90 Å². The van der Waals surface area contributed by atoms with Gasteiger partial charge in [-0.05, 0) is 43.6 Å². The number of thiocarbonyl (C=S) groups is 1. The molecule has 8 atom stereocenters. The van der Waals surface area contributed by atoms with Gasteiger partial charge in [0.2, 0.25) is 5.79 Å². The van der Waals surface area contributed by atoms with E-state index in [1.807, 2.05) is 6.92 Å². The summed E-state index contributed by atoms with van der Waals surface area (Å²) in [5.74, 6) is 1.93. The molecule has 0 radical (unpaired) electrons. The fourth-order valence-electron chi connectivity index (χ4n) is 7.27. The summed E-state index contributed by atoms with van der Waals surface area (Å²) in [7, 11) is 0. The summed E-state index contributed by atoms with van der Waals surface area (Å²) in [6.07, 6.45) is 3.96. The predicted octanol–water partition coefficient (Wildman–Crippen LogP) is 5.03. The van der Waals surface area contributed by atoms with Crippen molar-refractivity contribution in [3.8, 4) is 0 Å². The molecule has 35 heavy (non-hydrogen) atoms. The van der Waals surface area contributed by atoms with Gasteiger partial charge in [-0.2, -0.15) is 0 Å². The Morgan fingerprint density at radius 1 is 1.03 bits per heavy atom. The zero-order valence-corrected chi connectivity index (χ0v) is 22.7. The van der Waals surface area contributed by atoms with Crippen LogP contribution in [0.25, 0.3) is 0 Å². The minimum Gasteiger partial charge on any atom is -0.355 e. The molecule has 1 aliphatic carbocycles. The lowest BCUT2D eigenvalue weighted by Crippen LogP contribution is -2.72. The number of hydrogen-bond acceptors (Lipinski definition) is 7. The summed E-state index contributed by atoms with van der Waals surface area (Å²) in [6, 6.07) is 10.6. The Hall–Kier alpha value is -0.740. The van der Waals surface area contributed by atoms with Gasteiger partial charge in [0.1, 0.15) is 10.5 Å². The van der Waals surface area contributed by atoms with Crippen LogP contribution >= 0.6 is 24.0 Å². The Morgan fingerprint density at radius 2 is 1.80 bits per heavy atom. The summed E-state index contributed by atoms with van der Waals surface area (Å²) < 4.78 is 14.4. The van der Waals surface area contributed by atoms with E-state index in [9.17, 15) is 0 Å². The number of ether oxygens (including phenoxy) is 2. The molecule has 6 fully saturated rings. The van der Waals surface area contributed by atoms with Gasteiger partial charge in [0.15, 0.2) is 11.9 Å². The van der Waals surface area contributed by atoms with Crippen LogP contribution < -0.4 is 0 Å². The maximum atomic E-state index is 6.84. The molecule has 5 aliphatic heterocycles. The van der Waals surface area contributed by atoms with E-state index in [2.05, 4.69) is 54.0 Å². The van der Waals surface area contributed by atoms with Crippen LogP contribution in [0.3, 0.4) is 0 Å². The first-order valence-corrected chi connectivity index (χ1v) is 14.7. The average Bonchev–Trinajstić information content (AvgIpc) is 3.11. The van der Waals surface area contributed by atoms with E-state index in [-0.39, 0.29) is 12.5 Å². The van der Waals surface area contributed by atoms with E-state index in [0.717, 1.165) is 55.5 Å². The first kappa shape index (κ1) is 24.6. The molecule has 6 nitrogen and oxygen atoms in total. The molecule has 1 saturated carbocycles.